The number of ether oxygens (including phenoxy) is 1. The molecular weight excluding hydrogens is 226 g/mol. The highest BCUT2D eigenvalue weighted by atomic mass is 16.5. The van der Waals surface area contributed by atoms with Gasteiger partial charge >= 0.3 is 0 Å². The summed E-state index contributed by atoms with van der Waals surface area (Å²) in [6, 6.07) is 3.85. The summed E-state index contributed by atoms with van der Waals surface area (Å²) in [6.45, 7) is 4.09. The summed E-state index contributed by atoms with van der Waals surface area (Å²) >= 11 is 0. The van der Waals surface area contributed by atoms with Gasteiger partial charge < -0.3 is 9.64 Å². The largest absolute Gasteiger partial charge is 0.489 e. The molecular formula is C15H19NO2. The standard InChI is InChI=1S/C15H19NO2/c1-10-5-6-12(14(17)7-8-16(3)4)15-13(10)9-11(2)18-15/h5-8,11H,9H2,1-4H3/b8-7+. The predicted octanol–water partition coefficient (Wildman–Crippen LogP) is 2.58. The van der Waals surface area contributed by atoms with Gasteiger partial charge in [0.05, 0.1) is 5.56 Å². The Morgan fingerprint density at radius 2 is 2.17 bits per heavy atom. The molecule has 1 unspecified atom stereocenters. The lowest BCUT2D eigenvalue weighted by Crippen LogP contribution is -2.07. The van der Waals surface area contributed by atoms with Gasteiger partial charge in [-0.1, -0.05) is 6.07 Å². The molecule has 0 aliphatic carbocycles. The third-order valence-corrected chi connectivity index (χ3v) is 3.09. The van der Waals surface area contributed by atoms with Gasteiger partial charge in [-0.25, -0.2) is 0 Å². The fourth-order valence-corrected chi connectivity index (χ4v) is 2.15. The molecule has 0 fully saturated rings. The van der Waals surface area contributed by atoms with Crippen molar-refractivity contribution in [3.63, 3.8) is 0 Å². The fourth-order valence-electron chi connectivity index (χ4n) is 2.15. The Hall–Kier alpha value is -1.77. The van der Waals surface area contributed by atoms with Gasteiger partial charge in [-0.05, 0) is 25.5 Å². The Morgan fingerprint density at radius 1 is 1.44 bits per heavy atom. The first-order chi connectivity index (χ1) is 8.49. The summed E-state index contributed by atoms with van der Waals surface area (Å²) < 4.78 is 5.78. The number of carbonyl (C=O) groups is 1. The number of hydrogen-bond donors (Lipinski definition) is 0. The molecule has 96 valence electrons. The molecule has 2 rings (SSSR count). The molecule has 0 aromatic heterocycles. The Balaban J connectivity index is 2.36. The van der Waals surface area contributed by atoms with Gasteiger partial charge in [0.2, 0.25) is 0 Å². The molecule has 1 aromatic carbocycles. The number of aryl methyl sites for hydroxylation is 1. The van der Waals surface area contributed by atoms with E-state index in [0.717, 1.165) is 12.2 Å². The molecule has 3 nitrogen and oxygen atoms in total. The second-order valence-corrected chi connectivity index (χ2v) is 5.01. The maximum absolute atomic E-state index is 12.1. The van der Waals surface area contributed by atoms with Crippen LogP contribution in [0.2, 0.25) is 0 Å². The lowest BCUT2D eigenvalue weighted by molar-refractivity contribution is 0.104. The van der Waals surface area contributed by atoms with E-state index >= 15 is 0 Å². The van der Waals surface area contributed by atoms with Crippen LogP contribution in [-0.2, 0) is 6.42 Å². The lowest BCUT2D eigenvalue weighted by atomic mass is 9.99. The number of hydrogen-bond acceptors (Lipinski definition) is 3. The molecule has 0 radical (unpaired) electrons. The van der Waals surface area contributed by atoms with Crippen LogP contribution in [0.25, 0.3) is 0 Å². The molecule has 0 saturated heterocycles. The molecule has 1 aliphatic heterocycles. The van der Waals surface area contributed by atoms with Crippen LogP contribution < -0.4 is 4.74 Å². The van der Waals surface area contributed by atoms with E-state index < -0.39 is 0 Å². The number of fused-ring (bicyclic) bond motifs is 1. The van der Waals surface area contributed by atoms with Crippen LogP contribution in [0.3, 0.4) is 0 Å². The number of benzene rings is 1. The van der Waals surface area contributed by atoms with Crippen molar-refractivity contribution < 1.29 is 9.53 Å². The normalized spacial score (nSPS) is 17.7. The van der Waals surface area contributed by atoms with E-state index in [2.05, 4.69) is 6.92 Å². The Labute approximate surface area is 108 Å². The Morgan fingerprint density at radius 3 is 2.83 bits per heavy atom. The zero-order valence-electron chi connectivity index (χ0n) is 11.4. The van der Waals surface area contributed by atoms with Gasteiger partial charge in [0.15, 0.2) is 5.78 Å². The van der Waals surface area contributed by atoms with Crippen molar-refractivity contribution in [1.82, 2.24) is 4.90 Å². The summed E-state index contributed by atoms with van der Waals surface area (Å²) in [5, 5.41) is 0. The van der Waals surface area contributed by atoms with Crippen molar-refractivity contribution >= 4 is 5.78 Å². The Bertz CT molecular complexity index is 503. The minimum Gasteiger partial charge on any atom is -0.489 e. The number of ketones is 1. The molecule has 0 saturated carbocycles. The van der Waals surface area contributed by atoms with E-state index in [4.69, 9.17) is 4.74 Å². The van der Waals surface area contributed by atoms with Crippen LogP contribution in [0.5, 0.6) is 5.75 Å². The summed E-state index contributed by atoms with van der Waals surface area (Å²) in [5.41, 5.74) is 3.03. The third-order valence-electron chi connectivity index (χ3n) is 3.09. The quantitative estimate of drug-likeness (QED) is 0.605. The van der Waals surface area contributed by atoms with Crippen LogP contribution in [-0.4, -0.2) is 30.9 Å². The first kappa shape index (κ1) is 12.7. The fraction of sp³-hybridized carbons (Fsp3) is 0.400. The van der Waals surface area contributed by atoms with Crippen molar-refractivity contribution in [2.75, 3.05) is 14.1 Å². The van der Waals surface area contributed by atoms with E-state index in [1.807, 2.05) is 38.1 Å². The molecule has 0 bridgehead atoms. The van der Waals surface area contributed by atoms with E-state index in [9.17, 15) is 4.79 Å². The van der Waals surface area contributed by atoms with Crippen LogP contribution in [0.4, 0.5) is 0 Å². The molecule has 3 heteroatoms. The van der Waals surface area contributed by atoms with Crippen molar-refractivity contribution in [2.24, 2.45) is 0 Å². The molecule has 1 aromatic rings. The molecule has 1 heterocycles. The summed E-state index contributed by atoms with van der Waals surface area (Å²) in [7, 11) is 3.78. The monoisotopic (exact) mass is 245 g/mol. The van der Waals surface area contributed by atoms with Crippen molar-refractivity contribution in [3.8, 4) is 5.75 Å². The number of allylic oxidation sites excluding steroid dienone is 1. The van der Waals surface area contributed by atoms with Crippen LogP contribution in [0, 0.1) is 6.92 Å². The second kappa shape index (κ2) is 4.84. The summed E-state index contributed by atoms with van der Waals surface area (Å²) in [4.78, 5) is 14.0. The average Bonchev–Trinajstić information content (AvgIpc) is 2.69. The second-order valence-electron chi connectivity index (χ2n) is 5.01. The van der Waals surface area contributed by atoms with Gasteiger partial charge in [-0.2, -0.15) is 0 Å². The van der Waals surface area contributed by atoms with Gasteiger partial charge in [0.25, 0.3) is 0 Å². The SMILES string of the molecule is Cc1ccc(C(=O)/C=C/N(C)C)c2c1CC(C)O2. The van der Waals surface area contributed by atoms with Gasteiger partial charge in [0.1, 0.15) is 11.9 Å². The van der Waals surface area contributed by atoms with Crippen LogP contribution in [0.15, 0.2) is 24.4 Å². The number of rotatable bonds is 3. The number of nitrogens with zero attached hydrogens (tertiary/aromatic N) is 1. The Kier molecular flexibility index (Phi) is 3.41. The van der Waals surface area contributed by atoms with Gasteiger partial charge in [-0.3, -0.25) is 4.79 Å². The topological polar surface area (TPSA) is 29.5 Å². The molecule has 18 heavy (non-hydrogen) atoms. The minimum absolute atomic E-state index is 0.00551. The van der Waals surface area contributed by atoms with E-state index in [1.165, 1.54) is 11.1 Å². The van der Waals surface area contributed by atoms with Crippen LogP contribution in [0.1, 0.15) is 28.4 Å². The summed E-state index contributed by atoms with van der Waals surface area (Å²) in [5.74, 6) is 0.768. The maximum atomic E-state index is 12.1. The summed E-state index contributed by atoms with van der Waals surface area (Å²) in [6.07, 6.45) is 4.38. The third kappa shape index (κ3) is 2.40. The van der Waals surface area contributed by atoms with E-state index in [-0.39, 0.29) is 11.9 Å². The highest BCUT2D eigenvalue weighted by Crippen LogP contribution is 2.35. The van der Waals surface area contributed by atoms with Crippen LogP contribution >= 0.6 is 0 Å². The van der Waals surface area contributed by atoms with Gasteiger partial charge in [-0.15, -0.1) is 0 Å². The van der Waals surface area contributed by atoms with Crippen molar-refractivity contribution in [3.05, 3.63) is 41.1 Å². The average molecular weight is 245 g/mol. The highest BCUT2D eigenvalue weighted by Gasteiger charge is 2.25. The highest BCUT2D eigenvalue weighted by molar-refractivity contribution is 6.07. The first-order valence-electron chi connectivity index (χ1n) is 6.17. The van der Waals surface area contributed by atoms with Crippen molar-refractivity contribution in [1.29, 1.82) is 0 Å². The zero-order valence-corrected chi connectivity index (χ0v) is 11.4. The van der Waals surface area contributed by atoms with E-state index in [1.54, 1.807) is 12.3 Å². The van der Waals surface area contributed by atoms with E-state index in [0.29, 0.717) is 5.56 Å². The minimum atomic E-state index is -0.00551. The predicted molar refractivity (Wildman–Crippen MR) is 72.1 cm³/mol. The molecule has 1 aliphatic rings. The van der Waals surface area contributed by atoms with Crippen molar-refractivity contribution in [2.45, 2.75) is 26.4 Å². The molecule has 1 atom stereocenters. The molecule has 0 spiro atoms. The maximum Gasteiger partial charge on any atom is 0.191 e. The first-order valence-corrected chi connectivity index (χ1v) is 6.17. The zero-order chi connectivity index (χ0) is 13.3. The van der Waals surface area contributed by atoms with Gasteiger partial charge in [0, 0.05) is 38.4 Å². The smallest absolute Gasteiger partial charge is 0.191 e. The molecule has 0 N–H and O–H groups in total. The lowest BCUT2D eigenvalue weighted by Gasteiger charge is -2.09. The molecule has 0 amide bonds. The number of carbonyl (C=O) groups excluding carboxylic acids is 1.